The zero-order chi connectivity index (χ0) is 17.6. The molecule has 1 atom stereocenters. The second kappa shape index (κ2) is 6.03. The van der Waals surface area contributed by atoms with Crippen LogP contribution >= 0.6 is 0 Å². The van der Waals surface area contributed by atoms with Gasteiger partial charge in [0.2, 0.25) is 6.79 Å². The van der Waals surface area contributed by atoms with Crippen molar-refractivity contribution in [1.29, 1.82) is 0 Å². The van der Waals surface area contributed by atoms with Crippen molar-refractivity contribution in [2.75, 3.05) is 21.0 Å². The van der Waals surface area contributed by atoms with E-state index >= 15 is 0 Å². The monoisotopic (exact) mass is 338 g/mol. The van der Waals surface area contributed by atoms with Gasteiger partial charge in [0.1, 0.15) is 0 Å². The molecule has 0 bridgehead atoms. The number of allylic oxidation sites excluding steroid dienone is 1. The molecule has 2 aromatic rings. The predicted octanol–water partition coefficient (Wildman–Crippen LogP) is 4.45. The first-order valence-corrected chi connectivity index (χ1v) is 8.48. The molecule has 4 nitrogen and oxygen atoms in total. The van der Waals surface area contributed by atoms with Crippen LogP contribution in [0, 0.1) is 5.92 Å². The fourth-order valence-corrected chi connectivity index (χ4v) is 3.70. The molecule has 0 radical (unpaired) electrons. The lowest BCUT2D eigenvalue weighted by atomic mass is 9.77. The number of rotatable bonds is 3. The van der Waals surface area contributed by atoms with E-state index in [0.717, 1.165) is 35.0 Å². The van der Waals surface area contributed by atoms with Crippen molar-refractivity contribution in [3.8, 4) is 23.0 Å². The van der Waals surface area contributed by atoms with Crippen LogP contribution in [0.5, 0.6) is 23.0 Å². The molecule has 4 rings (SSSR count). The van der Waals surface area contributed by atoms with Crippen molar-refractivity contribution >= 4 is 5.57 Å². The van der Waals surface area contributed by atoms with Gasteiger partial charge in [-0.05, 0) is 65.8 Å². The second-order valence-electron chi connectivity index (χ2n) is 6.60. The molecule has 1 unspecified atom stereocenters. The lowest BCUT2D eigenvalue weighted by Crippen LogP contribution is -2.13. The van der Waals surface area contributed by atoms with Crippen molar-refractivity contribution in [1.82, 2.24) is 0 Å². The minimum atomic E-state index is 0.294. The normalized spacial score (nSPS) is 18.2. The van der Waals surface area contributed by atoms with Gasteiger partial charge in [-0.3, -0.25) is 0 Å². The average molecular weight is 338 g/mol. The van der Waals surface area contributed by atoms with E-state index in [1.54, 1.807) is 14.2 Å². The third kappa shape index (κ3) is 2.53. The number of fused-ring (bicyclic) bond motifs is 2. The van der Waals surface area contributed by atoms with Crippen molar-refractivity contribution in [3.05, 3.63) is 52.6 Å². The standard InChI is InChI=1S/C21H22O4/c1-12-7-15-9-19-20(25-11-24-19)10-16(15)21(13(12)2)14-5-6-17(22-3)18(8-14)23-4/h5-6,8-10,12H,7,11H2,1-4H3. The van der Waals surface area contributed by atoms with E-state index in [0.29, 0.717) is 12.7 Å². The van der Waals surface area contributed by atoms with Crippen LogP contribution in [0.3, 0.4) is 0 Å². The lowest BCUT2D eigenvalue weighted by Gasteiger charge is -2.27. The molecule has 0 spiro atoms. The maximum atomic E-state index is 5.60. The molecular weight excluding hydrogens is 316 g/mol. The molecule has 1 aliphatic carbocycles. The van der Waals surface area contributed by atoms with Crippen LogP contribution in [0.2, 0.25) is 0 Å². The van der Waals surface area contributed by atoms with Crippen LogP contribution in [-0.2, 0) is 6.42 Å². The van der Waals surface area contributed by atoms with Crippen molar-refractivity contribution in [3.63, 3.8) is 0 Å². The minimum absolute atomic E-state index is 0.294. The van der Waals surface area contributed by atoms with Gasteiger partial charge in [-0.15, -0.1) is 0 Å². The van der Waals surface area contributed by atoms with Gasteiger partial charge in [0.15, 0.2) is 23.0 Å². The van der Waals surface area contributed by atoms with Crippen LogP contribution in [0.1, 0.15) is 30.5 Å². The molecule has 0 fully saturated rings. The molecule has 2 aromatic carbocycles. The maximum Gasteiger partial charge on any atom is 0.231 e. The number of ether oxygens (including phenoxy) is 4. The molecule has 0 saturated carbocycles. The van der Waals surface area contributed by atoms with E-state index in [9.17, 15) is 0 Å². The molecule has 0 saturated heterocycles. The SMILES string of the molecule is COc1ccc(C2=C(C)C(C)Cc3cc4c(cc32)OCO4)cc1OC. The fourth-order valence-electron chi connectivity index (χ4n) is 3.70. The fraction of sp³-hybridized carbons (Fsp3) is 0.333. The number of hydrogen-bond acceptors (Lipinski definition) is 4. The molecule has 0 amide bonds. The number of hydrogen-bond donors (Lipinski definition) is 0. The molecule has 25 heavy (non-hydrogen) atoms. The van der Waals surface area contributed by atoms with E-state index in [1.807, 2.05) is 12.1 Å². The third-order valence-electron chi connectivity index (χ3n) is 5.20. The number of benzene rings is 2. The Morgan fingerprint density at radius 2 is 1.68 bits per heavy atom. The van der Waals surface area contributed by atoms with Gasteiger partial charge in [0, 0.05) is 0 Å². The van der Waals surface area contributed by atoms with Crippen molar-refractivity contribution in [2.24, 2.45) is 5.92 Å². The Labute approximate surface area is 148 Å². The Balaban J connectivity index is 1.90. The Morgan fingerprint density at radius 1 is 0.960 bits per heavy atom. The highest BCUT2D eigenvalue weighted by Gasteiger charge is 2.27. The average Bonchev–Trinajstić information content (AvgIpc) is 3.08. The van der Waals surface area contributed by atoms with Gasteiger partial charge in [-0.1, -0.05) is 18.6 Å². The van der Waals surface area contributed by atoms with Gasteiger partial charge in [-0.25, -0.2) is 0 Å². The zero-order valence-corrected chi connectivity index (χ0v) is 15.0. The van der Waals surface area contributed by atoms with E-state index in [2.05, 4.69) is 32.0 Å². The summed E-state index contributed by atoms with van der Waals surface area (Å²) in [5.41, 5.74) is 6.26. The Kier molecular flexibility index (Phi) is 3.83. The van der Waals surface area contributed by atoms with Crippen LogP contribution in [0.15, 0.2) is 35.9 Å². The summed E-state index contributed by atoms with van der Waals surface area (Å²) in [5, 5.41) is 0. The maximum absolute atomic E-state index is 5.60. The molecule has 130 valence electrons. The molecule has 1 heterocycles. The Hall–Kier alpha value is -2.62. The Morgan fingerprint density at radius 3 is 2.40 bits per heavy atom. The van der Waals surface area contributed by atoms with Crippen LogP contribution < -0.4 is 18.9 Å². The van der Waals surface area contributed by atoms with E-state index in [1.165, 1.54) is 22.3 Å². The molecular formula is C21H22O4. The van der Waals surface area contributed by atoms with Crippen molar-refractivity contribution < 1.29 is 18.9 Å². The summed E-state index contributed by atoms with van der Waals surface area (Å²) in [6.07, 6.45) is 1.01. The third-order valence-corrected chi connectivity index (χ3v) is 5.20. The first-order valence-electron chi connectivity index (χ1n) is 8.48. The highest BCUT2D eigenvalue weighted by atomic mass is 16.7. The predicted molar refractivity (Wildman–Crippen MR) is 96.7 cm³/mol. The largest absolute Gasteiger partial charge is 0.493 e. The molecule has 0 N–H and O–H groups in total. The molecule has 4 heteroatoms. The van der Waals surface area contributed by atoms with E-state index in [4.69, 9.17) is 18.9 Å². The summed E-state index contributed by atoms with van der Waals surface area (Å²) in [7, 11) is 3.32. The first-order chi connectivity index (χ1) is 12.1. The zero-order valence-electron chi connectivity index (χ0n) is 15.0. The van der Waals surface area contributed by atoms with Crippen LogP contribution in [0.25, 0.3) is 5.57 Å². The van der Waals surface area contributed by atoms with E-state index in [-0.39, 0.29) is 0 Å². The smallest absolute Gasteiger partial charge is 0.231 e. The highest BCUT2D eigenvalue weighted by Crippen LogP contribution is 2.45. The van der Waals surface area contributed by atoms with Crippen LogP contribution in [0.4, 0.5) is 0 Å². The quantitative estimate of drug-likeness (QED) is 0.829. The summed E-state index contributed by atoms with van der Waals surface area (Å²) in [4.78, 5) is 0. The van der Waals surface area contributed by atoms with E-state index < -0.39 is 0 Å². The topological polar surface area (TPSA) is 36.9 Å². The summed E-state index contributed by atoms with van der Waals surface area (Å²) in [5.74, 6) is 3.60. The second-order valence-corrected chi connectivity index (χ2v) is 6.60. The molecule has 1 aliphatic heterocycles. The summed E-state index contributed by atoms with van der Waals surface area (Å²) >= 11 is 0. The first kappa shape index (κ1) is 15.9. The van der Waals surface area contributed by atoms with Gasteiger partial charge in [0.25, 0.3) is 0 Å². The summed E-state index contributed by atoms with van der Waals surface area (Å²) < 4.78 is 22.0. The minimum Gasteiger partial charge on any atom is -0.493 e. The molecule has 2 aliphatic rings. The lowest BCUT2D eigenvalue weighted by molar-refractivity contribution is 0.174. The van der Waals surface area contributed by atoms with Gasteiger partial charge < -0.3 is 18.9 Å². The highest BCUT2D eigenvalue weighted by molar-refractivity contribution is 5.87. The van der Waals surface area contributed by atoms with Crippen LogP contribution in [-0.4, -0.2) is 21.0 Å². The molecule has 0 aromatic heterocycles. The van der Waals surface area contributed by atoms with Crippen molar-refractivity contribution in [2.45, 2.75) is 20.3 Å². The van der Waals surface area contributed by atoms with Gasteiger partial charge in [-0.2, -0.15) is 0 Å². The summed E-state index contributed by atoms with van der Waals surface area (Å²) in [6, 6.07) is 10.3. The van der Waals surface area contributed by atoms with Gasteiger partial charge in [0.05, 0.1) is 14.2 Å². The van der Waals surface area contributed by atoms with Gasteiger partial charge >= 0.3 is 0 Å². The number of methoxy groups -OCH3 is 2. The Bertz CT molecular complexity index is 866. The summed E-state index contributed by atoms with van der Waals surface area (Å²) in [6.45, 7) is 4.77.